The summed E-state index contributed by atoms with van der Waals surface area (Å²) in [4.78, 5) is 18.1. The fourth-order valence-corrected chi connectivity index (χ4v) is 2.90. The lowest BCUT2D eigenvalue weighted by Crippen LogP contribution is -2.52. The SMILES string of the molecule is C[C@@H]1CN([C@H](C)CNC(=O)Nc2nccs2)C[C@@H](C)O1. The van der Waals surface area contributed by atoms with Gasteiger partial charge in [0.1, 0.15) is 0 Å². The number of carbonyl (C=O) groups is 1. The second-order valence-corrected chi connectivity index (χ2v) is 6.13. The minimum absolute atomic E-state index is 0.207. The maximum Gasteiger partial charge on any atom is 0.321 e. The summed E-state index contributed by atoms with van der Waals surface area (Å²) in [7, 11) is 0. The van der Waals surface area contributed by atoms with E-state index in [9.17, 15) is 4.79 Å². The molecular formula is C13H22N4O2S. The first-order chi connectivity index (χ1) is 9.54. The molecule has 1 fully saturated rings. The topological polar surface area (TPSA) is 66.5 Å². The highest BCUT2D eigenvalue weighted by atomic mass is 32.1. The lowest BCUT2D eigenvalue weighted by Gasteiger charge is -2.38. The van der Waals surface area contributed by atoms with E-state index in [2.05, 4.69) is 41.3 Å². The average Bonchev–Trinajstić information content (AvgIpc) is 2.87. The molecule has 112 valence electrons. The largest absolute Gasteiger partial charge is 0.373 e. The third-order valence-corrected chi connectivity index (χ3v) is 3.97. The van der Waals surface area contributed by atoms with E-state index in [1.54, 1.807) is 6.20 Å². The maximum atomic E-state index is 11.7. The molecule has 0 saturated carbocycles. The summed E-state index contributed by atoms with van der Waals surface area (Å²) >= 11 is 1.40. The van der Waals surface area contributed by atoms with Crippen molar-refractivity contribution in [1.29, 1.82) is 0 Å². The second kappa shape index (κ2) is 7.01. The van der Waals surface area contributed by atoms with Crippen LogP contribution in [0.5, 0.6) is 0 Å². The van der Waals surface area contributed by atoms with E-state index in [4.69, 9.17) is 4.74 Å². The number of thiazole rings is 1. The number of rotatable bonds is 4. The van der Waals surface area contributed by atoms with Crippen molar-refractivity contribution in [1.82, 2.24) is 15.2 Å². The number of anilines is 1. The fourth-order valence-electron chi connectivity index (χ4n) is 2.37. The standard InChI is InChI=1S/C13H22N4O2S/c1-9(17-7-10(2)19-11(3)8-17)6-15-12(18)16-13-14-4-5-20-13/h4-5,9-11H,6-8H2,1-3H3,(H2,14,15,16,18)/t9-,10-,11-/m1/s1. The average molecular weight is 298 g/mol. The van der Waals surface area contributed by atoms with Crippen molar-refractivity contribution in [2.75, 3.05) is 25.0 Å². The molecule has 0 unspecified atom stereocenters. The Morgan fingerprint density at radius 1 is 1.55 bits per heavy atom. The number of amides is 2. The van der Waals surface area contributed by atoms with Crippen molar-refractivity contribution in [3.8, 4) is 0 Å². The van der Waals surface area contributed by atoms with E-state index in [1.165, 1.54) is 11.3 Å². The zero-order valence-electron chi connectivity index (χ0n) is 12.1. The Kier molecular flexibility index (Phi) is 5.33. The Hall–Kier alpha value is -1.18. The third-order valence-electron chi connectivity index (χ3n) is 3.28. The first-order valence-electron chi connectivity index (χ1n) is 6.88. The third kappa shape index (κ3) is 4.43. The quantitative estimate of drug-likeness (QED) is 0.889. The Labute approximate surface area is 123 Å². The summed E-state index contributed by atoms with van der Waals surface area (Å²) < 4.78 is 5.71. The molecule has 0 aromatic carbocycles. The number of nitrogens with one attached hydrogen (secondary N) is 2. The molecule has 2 N–H and O–H groups in total. The Morgan fingerprint density at radius 3 is 2.85 bits per heavy atom. The molecule has 2 amide bonds. The number of hydrogen-bond acceptors (Lipinski definition) is 5. The highest BCUT2D eigenvalue weighted by Gasteiger charge is 2.25. The molecule has 0 radical (unpaired) electrons. The van der Waals surface area contributed by atoms with Crippen molar-refractivity contribution >= 4 is 22.5 Å². The number of ether oxygens (including phenoxy) is 1. The number of hydrogen-bond donors (Lipinski definition) is 2. The van der Waals surface area contributed by atoms with Crippen LogP contribution in [-0.4, -0.2) is 53.8 Å². The molecule has 20 heavy (non-hydrogen) atoms. The molecule has 0 bridgehead atoms. The maximum absolute atomic E-state index is 11.7. The first-order valence-corrected chi connectivity index (χ1v) is 7.76. The van der Waals surface area contributed by atoms with Gasteiger partial charge >= 0.3 is 6.03 Å². The molecule has 0 aliphatic carbocycles. The molecule has 1 saturated heterocycles. The normalized spacial score (nSPS) is 25.1. The van der Waals surface area contributed by atoms with Crippen LogP contribution in [0.25, 0.3) is 0 Å². The smallest absolute Gasteiger partial charge is 0.321 e. The van der Waals surface area contributed by atoms with Gasteiger partial charge in [-0.25, -0.2) is 9.78 Å². The van der Waals surface area contributed by atoms with Crippen LogP contribution in [0, 0.1) is 0 Å². The number of aromatic nitrogens is 1. The zero-order chi connectivity index (χ0) is 14.5. The van der Waals surface area contributed by atoms with Crippen molar-refractivity contribution in [3.63, 3.8) is 0 Å². The zero-order valence-corrected chi connectivity index (χ0v) is 12.9. The molecule has 1 aromatic rings. The van der Waals surface area contributed by atoms with Gasteiger partial charge in [-0.2, -0.15) is 0 Å². The first kappa shape index (κ1) is 15.2. The van der Waals surface area contributed by atoms with E-state index in [1.807, 2.05) is 5.38 Å². The molecule has 2 rings (SSSR count). The molecule has 0 spiro atoms. The van der Waals surface area contributed by atoms with Crippen molar-refractivity contribution in [2.24, 2.45) is 0 Å². The van der Waals surface area contributed by atoms with Crippen LogP contribution >= 0.6 is 11.3 Å². The van der Waals surface area contributed by atoms with E-state index in [0.29, 0.717) is 11.7 Å². The van der Waals surface area contributed by atoms with Crippen molar-refractivity contribution in [2.45, 2.75) is 39.0 Å². The van der Waals surface area contributed by atoms with Crippen LogP contribution in [0.2, 0.25) is 0 Å². The van der Waals surface area contributed by atoms with Crippen molar-refractivity contribution in [3.05, 3.63) is 11.6 Å². The summed E-state index contributed by atoms with van der Waals surface area (Å²) in [5.74, 6) is 0. The molecular weight excluding hydrogens is 276 g/mol. The Balaban J connectivity index is 1.74. The number of nitrogens with zero attached hydrogens (tertiary/aromatic N) is 2. The molecule has 1 aromatic heterocycles. The van der Waals surface area contributed by atoms with Crippen LogP contribution in [0.3, 0.4) is 0 Å². The van der Waals surface area contributed by atoms with Gasteiger partial charge in [0, 0.05) is 37.3 Å². The molecule has 3 atom stereocenters. The predicted octanol–water partition coefficient (Wildman–Crippen LogP) is 1.76. The molecule has 7 heteroatoms. The van der Waals surface area contributed by atoms with E-state index < -0.39 is 0 Å². The number of urea groups is 1. The van der Waals surface area contributed by atoms with Gasteiger partial charge in [-0.15, -0.1) is 11.3 Å². The van der Waals surface area contributed by atoms with Gasteiger partial charge in [0.25, 0.3) is 0 Å². The summed E-state index contributed by atoms with van der Waals surface area (Å²) in [6.07, 6.45) is 2.15. The molecule has 1 aliphatic rings. The molecule has 2 heterocycles. The summed E-state index contributed by atoms with van der Waals surface area (Å²) in [6, 6.07) is 0.0759. The second-order valence-electron chi connectivity index (χ2n) is 5.23. The highest BCUT2D eigenvalue weighted by Crippen LogP contribution is 2.13. The van der Waals surface area contributed by atoms with Crippen LogP contribution in [0.4, 0.5) is 9.93 Å². The summed E-state index contributed by atoms with van der Waals surface area (Å²) in [6.45, 7) is 8.70. The number of carbonyl (C=O) groups excluding carboxylic acids is 1. The summed E-state index contributed by atoms with van der Waals surface area (Å²) in [5, 5.41) is 8.04. The predicted molar refractivity (Wildman–Crippen MR) is 80.2 cm³/mol. The monoisotopic (exact) mass is 298 g/mol. The van der Waals surface area contributed by atoms with Gasteiger partial charge < -0.3 is 10.1 Å². The summed E-state index contributed by atoms with van der Waals surface area (Å²) in [5.41, 5.74) is 0. The van der Waals surface area contributed by atoms with Gasteiger partial charge in [-0.1, -0.05) is 0 Å². The fraction of sp³-hybridized carbons (Fsp3) is 0.692. The lowest BCUT2D eigenvalue weighted by molar-refractivity contribution is -0.0777. The van der Waals surface area contributed by atoms with Crippen molar-refractivity contribution < 1.29 is 9.53 Å². The van der Waals surface area contributed by atoms with Crippen LogP contribution in [-0.2, 0) is 4.74 Å². The minimum atomic E-state index is -0.207. The van der Waals surface area contributed by atoms with E-state index >= 15 is 0 Å². The molecule has 1 aliphatic heterocycles. The van der Waals surface area contributed by atoms with Gasteiger partial charge in [0.15, 0.2) is 5.13 Å². The molecule has 6 nitrogen and oxygen atoms in total. The van der Waals surface area contributed by atoms with Crippen LogP contribution < -0.4 is 10.6 Å². The Morgan fingerprint density at radius 2 is 2.25 bits per heavy atom. The van der Waals surface area contributed by atoms with E-state index in [0.717, 1.165) is 13.1 Å². The van der Waals surface area contributed by atoms with Gasteiger partial charge in [-0.3, -0.25) is 10.2 Å². The van der Waals surface area contributed by atoms with Crippen LogP contribution in [0.1, 0.15) is 20.8 Å². The van der Waals surface area contributed by atoms with Crippen LogP contribution in [0.15, 0.2) is 11.6 Å². The lowest BCUT2D eigenvalue weighted by atomic mass is 10.2. The van der Waals surface area contributed by atoms with Gasteiger partial charge in [0.05, 0.1) is 12.2 Å². The van der Waals surface area contributed by atoms with E-state index in [-0.39, 0.29) is 24.3 Å². The Bertz CT molecular complexity index is 416. The van der Waals surface area contributed by atoms with Gasteiger partial charge in [0.2, 0.25) is 0 Å². The number of morpholine rings is 1. The highest BCUT2D eigenvalue weighted by molar-refractivity contribution is 7.13. The van der Waals surface area contributed by atoms with Gasteiger partial charge in [-0.05, 0) is 20.8 Å². The minimum Gasteiger partial charge on any atom is -0.373 e.